The van der Waals surface area contributed by atoms with E-state index in [1.165, 1.54) is 104 Å². The zero-order valence-corrected chi connectivity index (χ0v) is 69.8. The maximum absolute atomic E-state index is 6.79. The summed E-state index contributed by atoms with van der Waals surface area (Å²) in [6.45, 7) is 0. The molecule has 0 aliphatic heterocycles. The van der Waals surface area contributed by atoms with E-state index in [-0.39, 0.29) is 0 Å². The smallest absolute Gasteiger partial charge is 0.143 e. The molecule has 0 aliphatic carbocycles. The molecule has 0 fully saturated rings. The molecule has 0 spiro atoms. The standard InChI is InChI=1S/2C61H40N2O/c1-4-19-42(20-5-1)61(43-21-6-2-7-22-43,44-23-8-3-9-24-44)45-37-41(48-29-18-30-53-52-28-13-17-34-59(52)64-60(48)53)38-47(39-45)63-57-33-16-12-27-51(57)54-40-46(35-36-58(54)63)62-55-31-14-10-25-49(55)50-26-11-15-32-56(50)62;1-4-18-43(19-5-1)61(44-20-6-2-7-21-44,45-22-8-3-9-23-45)46-36-42(41-32-35-60-54(38-41)52-27-13-17-31-59(52)64-60)37-48(39-46)63-57-30-16-12-26-51(57)53-40-47(33-34-58(53)63)62-55-28-14-10-24-49(55)50-25-11-15-29-56(50)62/h2*1-40H. The van der Waals surface area contributed by atoms with Gasteiger partial charge in [0.15, 0.2) is 0 Å². The van der Waals surface area contributed by atoms with Crippen molar-refractivity contribution < 1.29 is 8.83 Å². The van der Waals surface area contributed by atoms with Gasteiger partial charge in [0.05, 0.1) is 55.0 Å². The molecule has 0 saturated carbocycles. The normalized spacial score (nSPS) is 12.1. The molecule has 20 aromatic carbocycles. The Morgan fingerprint density at radius 1 is 0.148 bits per heavy atom. The van der Waals surface area contributed by atoms with Crippen LogP contribution in [-0.2, 0) is 10.8 Å². The van der Waals surface area contributed by atoms with Crippen LogP contribution in [0.4, 0.5) is 0 Å². The highest BCUT2D eigenvalue weighted by atomic mass is 16.3. The van der Waals surface area contributed by atoms with E-state index in [1.54, 1.807) is 0 Å². The van der Waals surface area contributed by atoms with Crippen molar-refractivity contribution in [2.75, 3.05) is 0 Å². The van der Waals surface area contributed by atoms with Crippen LogP contribution in [0.1, 0.15) is 44.5 Å². The molecule has 0 radical (unpaired) electrons. The zero-order chi connectivity index (χ0) is 84.4. The van der Waals surface area contributed by atoms with Crippen LogP contribution < -0.4 is 0 Å². The van der Waals surface area contributed by atoms with Gasteiger partial charge in [0.25, 0.3) is 0 Å². The largest absolute Gasteiger partial charge is 0.456 e. The molecule has 0 N–H and O–H groups in total. The van der Waals surface area contributed by atoms with Gasteiger partial charge in [-0.1, -0.05) is 352 Å². The van der Waals surface area contributed by atoms with Crippen molar-refractivity contribution in [2.24, 2.45) is 0 Å². The molecule has 6 aromatic heterocycles. The number of furan rings is 2. The van der Waals surface area contributed by atoms with Crippen LogP contribution in [0.3, 0.4) is 0 Å². The summed E-state index contributed by atoms with van der Waals surface area (Å²) < 4.78 is 22.9. The first-order valence-electron chi connectivity index (χ1n) is 44.0. The highest BCUT2D eigenvalue weighted by molar-refractivity contribution is 6.16. The predicted octanol–water partition coefficient (Wildman–Crippen LogP) is 31.7. The first-order valence-corrected chi connectivity index (χ1v) is 44.0. The highest BCUT2D eigenvalue weighted by Crippen LogP contribution is 2.52. The van der Waals surface area contributed by atoms with Crippen molar-refractivity contribution in [3.63, 3.8) is 0 Å². The fourth-order valence-electron chi connectivity index (χ4n) is 21.4. The molecule has 0 atom stereocenters. The maximum Gasteiger partial charge on any atom is 0.143 e. The summed E-state index contributed by atoms with van der Waals surface area (Å²) >= 11 is 0. The minimum absolute atomic E-state index is 0.663. The maximum atomic E-state index is 6.79. The Labute approximate surface area is 738 Å². The second kappa shape index (κ2) is 30.0. The van der Waals surface area contributed by atoms with Gasteiger partial charge in [0, 0.05) is 92.9 Å². The highest BCUT2D eigenvalue weighted by Gasteiger charge is 2.41. The van der Waals surface area contributed by atoms with Gasteiger partial charge < -0.3 is 27.1 Å². The van der Waals surface area contributed by atoms with E-state index in [2.05, 4.69) is 491 Å². The summed E-state index contributed by atoms with van der Waals surface area (Å²) in [6, 6.07) is 177. The second-order valence-corrected chi connectivity index (χ2v) is 33.7. The molecular formula is C122H80N4O2. The van der Waals surface area contributed by atoms with Crippen LogP contribution in [0.5, 0.6) is 0 Å². The minimum atomic E-state index is -0.682. The third kappa shape index (κ3) is 11.6. The summed E-state index contributed by atoms with van der Waals surface area (Å²) in [4.78, 5) is 0. The summed E-state index contributed by atoms with van der Waals surface area (Å²) in [5.41, 5.74) is 29.9. The van der Waals surface area contributed by atoms with Crippen molar-refractivity contribution >= 4 is 131 Å². The molecule has 26 rings (SSSR count). The van der Waals surface area contributed by atoms with Gasteiger partial charge in [-0.3, -0.25) is 0 Å². The van der Waals surface area contributed by atoms with Crippen LogP contribution in [0.2, 0.25) is 0 Å². The van der Waals surface area contributed by atoms with Gasteiger partial charge >= 0.3 is 0 Å². The van der Waals surface area contributed by atoms with Crippen molar-refractivity contribution in [3.05, 3.63) is 530 Å². The molecule has 0 unspecified atom stereocenters. The molecule has 26 aromatic rings. The van der Waals surface area contributed by atoms with E-state index in [9.17, 15) is 0 Å². The Kier molecular flexibility index (Phi) is 17.3. The quantitative estimate of drug-likeness (QED) is 0.102. The summed E-state index contributed by atoms with van der Waals surface area (Å²) in [7, 11) is 0. The van der Waals surface area contributed by atoms with Gasteiger partial charge in [0.2, 0.25) is 0 Å². The Hall–Kier alpha value is -16.8. The Morgan fingerprint density at radius 3 is 0.828 bits per heavy atom. The van der Waals surface area contributed by atoms with Gasteiger partial charge in [0.1, 0.15) is 22.3 Å². The van der Waals surface area contributed by atoms with Crippen molar-refractivity contribution in [3.8, 4) is 45.0 Å². The van der Waals surface area contributed by atoms with Crippen LogP contribution in [0.25, 0.3) is 176 Å². The third-order valence-corrected chi connectivity index (χ3v) is 26.9. The van der Waals surface area contributed by atoms with Gasteiger partial charge in [-0.05, 0) is 195 Å². The Morgan fingerprint density at radius 2 is 0.438 bits per heavy atom. The zero-order valence-electron chi connectivity index (χ0n) is 69.8. The first kappa shape index (κ1) is 73.9. The van der Waals surface area contributed by atoms with Gasteiger partial charge in [-0.2, -0.15) is 0 Å². The van der Waals surface area contributed by atoms with Crippen molar-refractivity contribution in [2.45, 2.75) is 10.8 Å². The molecule has 6 nitrogen and oxygen atoms in total. The number of para-hydroxylation sites is 9. The van der Waals surface area contributed by atoms with Gasteiger partial charge in [-0.15, -0.1) is 0 Å². The lowest BCUT2D eigenvalue weighted by molar-refractivity contribution is 0.669. The molecule has 0 aliphatic rings. The van der Waals surface area contributed by atoms with Crippen LogP contribution in [0.15, 0.2) is 494 Å². The van der Waals surface area contributed by atoms with Crippen LogP contribution >= 0.6 is 0 Å². The van der Waals surface area contributed by atoms with E-state index in [0.29, 0.717) is 0 Å². The number of aromatic nitrogens is 4. The van der Waals surface area contributed by atoms with E-state index in [1.807, 2.05) is 12.1 Å². The number of hydrogen-bond donors (Lipinski definition) is 0. The summed E-state index contributed by atoms with van der Waals surface area (Å²) in [5.74, 6) is 0. The fraction of sp³-hybridized carbons (Fsp3) is 0.0164. The predicted molar refractivity (Wildman–Crippen MR) is 532 cm³/mol. The lowest BCUT2D eigenvalue weighted by atomic mass is 9.64. The Balaban J connectivity index is 0.000000139. The molecule has 6 heteroatoms. The second-order valence-electron chi connectivity index (χ2n) is 33.7. The van der Waals surface area contributed by atoms with Gasteiger partial charge in [-0.25, -0.2) is 0 Å². The molecule has 600 valence electrons. The summed E-state index contributed by atoms with van der Waals surface area (Å²) in [6.07, 6.45) is 0. The van der Waals surface area contributed by atoms with E-state index >= 15 is 0 Å². The summed E-state index contributed by atoms with van der Waals surface area (Å²) in [5, 5.41) is 14.3. The average Bonchev–Trinajstić information content (AvgIpc) is 1.12. The number of rotatable bonds is 14. The van der Waals surface area contributed by atoms with Crippen molar-refractivity contribution in [1.82, 2.24) is 18.3 Å². The van der Waals surface area contributed by atoms with Crippen LogP contribution in [-0.4, -0.2) is 18.3 Å². The lowest BCUT2D eigenvalue weighted by Crippen LogP contribution is -2.31. The van der Waals surface area contributed by atoms with Crippen molar-refractivity contribution in [1.29, 1.82) is 0 Å². The number of hydrogen-bond acceptors (Lipinski definition) is 2. The van der Waals surface area contributed by atoms with E-state index in [4.69, 9.17) is 8.83 Å². The van der Waals surface area contributed by atoms with E-state index < -0.39 is 10.8 Å². The lowest BCUT2D eigenvalue weighted by Gasteiger charge is -2.37. The number of fused-ring (bicyclic) bond motifs is 18. The monoisotopic (exact) mass is 1630 g/mol. The fourth-order valence-corrected chi connectivity index (χ4v) is 21.4. The SMILES string of the molecule is c1ccc(C(c2ccccc2)(c2ccccc2)c2cc(-c3ccc4oc5ccccc5c4c3)cc(-n3c4ccccc4c4cc(-n5c6ccccc6c6ccccc65)ccc43)c2)cc1.c1ccc(C(c2ccccc2)(c2ccccc2)c2cc(-c3cccc4c3oc3ccccc34)cc(-n3c4ccccc4c4cc(-n5c6ccccc6c6ccccc65)ccc43)c2)cc1. The third-order valence-electron chi connectivity index (χ3n) is 26.9. The van der Waals surface area contributed by atoms with E-state index in [0.717, 1.165) is 117 Å². The molecule has 6 heterocycles. The topological polar surface area (TPSA) is 46.0 Å². The minimum Gasteiger partial charge on any atom is -0.456 e. The first-order chi connectivity index (χ1) is 63.5. The molecule has 0 saturated heterocycles. The molecule has 0 amide bonds. The number of nitrogens with zero attached hydrogens (tertiary/aromatic N) is 4. The molecule has 128 heavy (non-hydrogen) atoms. The Bertz CT molecular complexity index is 8500. The average molecular weight is 1630 g/mol. The molecular weight excluding hydrogens is 1550 g/mol. The number of benzene rings is 20. The molecule has 0 bridgehead atoms. The van der Waals surface area contributed by atoms with Crippen LogP contribution in [0, 0.1) is 0 Å².